The fourth-order valence-corrected chi connectivity index (χ4v) is 4.14. The molecule has 2 aromatic heterocycles. The molecule has 0 aliphatic heterocycles. The first-order chi connectivity index (χ1) is 13.9. The number of nitrogens with zero attached hydrogens (tertiary/aromatic N) is 2. The molecular formula is C21H22N4O2S2. The molecule has 1 aromatic carbocycles. The Bertz CT molecular complexity index is 999. The van der Waals surface area contributed by atoms with Gasteiger partial charge in [0, 0.05) is 22.7 Å². The third-order valence-corrected chi connectivity index (χ3v) is 5.19. The number of aryl methyl sites for hydroxylation is 2. The zero-order chi connectivity index (χ0) is 20.8. The minimum absolute atomic E-state index is 0.307. The van der Waals surface area contributed by atoms with Crippen molar-refractivity contribution in [1.82, 2.24) is 9.97 Å². The van der Waals surface area contributed by atoms with Crippen molar-refractivity contribution in [3.63, 3.8) is 0 Å². The van der Waals surface area contributed by atoms with Crippen LogP contribution in [-0.4, -0.2) is 27.7 Å². The van der Waals surface area contributed by atoms with Crippen molar-refractivity contribution in [3.8, 4) is 0 Å². The number of anilines is 2. The van der Waals surface area contributed by atoms with E-state index in [0.717, 1.165) is 22.7 Å². The third kappa shape index (κ3) is 5.82. The van der Waals surface area contributed by atoms with Crippen LogP contribution in [0.1, 0.15) is 39.1 Å². The lowest BCUT2D eigenvalue weighted by atomic mass is 10.1. The molecule has 150 valence electrons. The van der Waals surface area contributed by atoms with Crippen LogP contribution in [0.2, 0.25) is 0 Å². The first kappa shape index (κ1) is 20.9. The van der Waals surface area contributed by atoms with Crippen LogP contribution in [0.4, 0.5) is 10.9 Å². The number of esters is 1. The molecule has 0 unspecified atom stereocenters. The first-order valence-electron chi connectivity index (χ1n) is 9.18. The van der Waals surface area contributed by atoms with Crippen LogP contribution in [0.25, 0.3) is 0 Å². The number of hydrogen-bond donors (Lipinski definition) is 2. The van der Waals surface area contributed by atoms with E-state index in [4.69, 9.17) is 17.0 Å². The summed E-state index contributed by atoms with van der Waals surface area (Å²) >= 11 is 6.88. The normalized spacial score (nSPS) is 10.4. The second-order valence-corrected chi connectivity index (χ2v) is 7.94. The van der Waals surface area contributed by atoms with E-state index < -0.39 is 0 Å². The van der Waals surface area contributed by atoms with Crippen molar-refractivity contribution >= 4 is 45.6 Å². The van der Waals surface area contributed by atoms with Gasteiger partial charge in [-0.2, -0.15) is 0 Å². The predicted molar refractivity (Wildman–Crippen MR) is 121 cm³/mol. The van der Waals surface area contributed by atoms with Gasteiger partial charge in [0.25, 0.3) is 0 Å². The monoisotopic (exact) mass is 426 g/mol. The molecule has 29 heavy (non-hydrogen) atoms. The molecule has 0 aliphatic carbocycles. The number of nitrogens with one attached hydrogen (secondary N) is 2. The van der Waals surface area contributed by atoms with E-state index in [0.29, 0.717) is 28.2 Å². The van der Waals surface area contributed by atoms with Gasteiger partial charge in [0.05, 0.1) is 12.2 Å². The highest BCUT2D eigenvalue weighted by molar-refractivity contribution is 7.80. The van der Waals surface area contributed by atoms with Gasteiger partial charge in [0.2, 0.25) is 5.95 Å². The maximum Gasteiger partial charge on any atom is 0.341 e. The quantitative estimate of drug-likeness (QED) is 0.436. The maximum atomic E-state index is 12.4. The molecule has 2 N–H and O–H groups in total. The van der Waals surface area contributed by atoms with Gasteiger partial charge in [0.1, 0.15) is 5.00 Å². The Morgan fingerprint density at radius 3 is 2.45 bits per heavy atom. The third-order valence-electron chi connectivity index (χ3n) is 3.93. The lowest BCUT2D eigenvalue weighted by Gasteiger charge is -2.10. The lowest BCUT2D eigenvalue weighted by molar-refractivity contribution is 0.0528. The number of rotatable bonds is 6. The molecule has 0 aliphatic rings. The molecule has 6 nitrogen and oxygen atoms in total. The van der Waals surface area contributed by atoms with E-state index in [1.54, 1.807) is 6.92 Å². The molecule has 8 heteroatoms. The zero-order valence-electron chi connectivity index (χ0n) is 16.5. The van der Waals surface area contributed by atoms with Crippen LogP contribution in [0.15, 0.2) is 42.5 Å². The molecule has 2 heterocycles. The Balaban J connectivity index is 1.80. The van der Waals surface area contributed by atoms with Gasteiger partial charge in [-0.15, -0.1) is 11.3 Å². The van der Waals surface area contributed by atoms with Crippen molar-refractivity contribution < 1.29 is 9.53 Å². The van der Waals surface area contributed by atoms with Gasteiger partial charge < -0.3 is 15.4 Å². The number of thiophene rings is 1. The minimum atomic E-state index is -0.379. The topological polar surface area (TPSA) is 76.1 Å². The molecule has 3 rings (SSSR count). The fourth-order valence-electron chi connectivity index (χ4n) is 2.80. The van der Waals surface area contributed by atoms with Crippen molar-refractivity contribution in [2.24, 2.45) is 0 Å². The molecular weight excluding hydrogens is 404 g/mol. The summed E-state index contributed by atoms with van der Waals surface area (Å²) in [6, 6.07) is 13.8. The van der Waals surface area contributed by atoms with Gasteiger partial charge in [-0.25, -0.2) is 14.8 Å². The SMILES string of the molecule is CCOC(=O)c1cc(Cc2ccccc2)sc1NC(=S)Nc1nc(C)cc(C)n1. The summed E-state index contributed by atoms with van der Waals surface area (Å²) in [7, 11) is 0. The molecule has 0 saturated carbocycles. The summed E-state index contributed by atoms with van der Waals surface area (Å²) in [6.45, 7) is 5.88. The zero-order valence-corrected chi connectivity index (χ0v) is 18.1. The average Bonchev–Trinajstić information content (AvgIpc) is 3.04. The summed E-state index contributed by atoms with van der Waals surface area (Å²) in [4.78, 5) is 22.1. The van der Waals surface area contributed by atoms with Gasteiger partial charge in [-0.05, 0) is 50.7 Å². The Morgan fingerprint density at radius 2 is 1.79 bits per heavy atom. The van der Waals surface area contributed by atoms with E-state index >= 15 is 0 Å². The highest BCUT2D eigenvalue weighted by atomic mass is 32.1. The van der Waals surface area contributed by atoms with E-state index in [1.165, 1.54) is 16.9 Å². The van der Waals surface area contributed by atoms with Crippen LogP contribution in [0, 0.1) is 13.8 Å². The van der Waals surface area contributed by atoms with Crippen molar-refractivity contribution in [2.45, 2.75) is 27.2 Å². The Morgan fingerprint density at radius 1 is 1.10 bits per heavy atom. The number of carbonyl (C=O) groups is 1. The van der Waals surface area contributed by atoms with Crippen molar-refractivity contribution in [1.29, 1.82) is 0 Å². The summed E-state index contributed by atoms with van der Waals surface area (Å²) < 4.78 is 5.20. The number of hydrogen-bond acceptors (Lipinski definition) is 6. The fraction of sp³-hybridized carbons (Fsp3) is 0.238. The lowest BCUT2D eigenvalue weighted by Crippen LogP contribution is -2.21. The van der Waals surface area contributed by atoms with Crippen LogP contribution >= 0.6 is 23.6 Å². The van der Waals surface area contributed by atoms with Crippen molar-refractivity contribution in [3.05, 3.63) is 69.9 Å². The molecule has 0 amide bonds. The van der Waals surface area contributed by atoms with E-state index in [1.807, 2.05) is 44.2 Å². The van der Waals surface area contributed by atoms with Gasteiger partial charge in [0.15, 0.2) is 5.11 Å². The van der Waals surface area contributed by atoms with Crippen LogP contribution in [-0.2, 0) is 11.2 Å². The largest absolute Gasteiger partial charge is 0.462 e. The highest BCUT2D eigenvalue weighted by Crippen LogP contribution is 2.30. The summed E-state index contributed by atoms with van der Waals surface area (Å²) in [5.74, 6) is 0.0368. The average molecular weight is 427 g/mol. The molecule has 0 fully saturated rings. The molecule has 0 atom stereocenters. The smallest absolute Gasteiger partial charge is 0.341 e. The maximum absolute atomic E-state index is 12.4. The first-order valence-corrected chi connectivity index (χ1v) is 10.4. The summed E-state index contributed by atoms with van der Waals surface area (Å²) in [5, 5.41) is 7.03. The molecule has 3 aromatic rings. The number of ether oxygens (including phenoxy) is 1. The predicted octanol–water partition coefficient (Wildman–Crippen LogP) is 4.73. The van der Waals surface area contributed by atoms with E-state index in [2.05, 4.69) is 32.7 Å². The minimum Gasteiger partial charge on any atom is -0.462 e. The molecule has 0 saturated heterocycles. The highest BCUT2D eigenvalue weighted by Gasteiger charge is 2.19. The number of benzene rings is 1. The summed E-state index contributed by atoms with van der Waals surface area (Å²) in [6.07, 6.45) is 0.722. The van der Waals surface area contributed by atoms with Gasteiger partial charge >= 0.3 is 5.97 Å². The Kier molecular flexibility index (Phi) is 6.90. The number of aromatic nitrogens is 2. The number of thiocarbonyl (C=S) groups is 1. The molecule has 0 bridgehead atoms. The van der Waals surface area contributed by atoms with Crippen LogP contribution in [0.3, 0.4) is 0 Å². The Labute approximate surface area is 179 Å². The van der Waals surface area contributed by atoms with Gasteiger partial charge in [-0.1, -0.05) is 30.3 Å². The van der Waals surface area contributed by atoms with E-state index in [9.17, 15) is 4.79 Å². The molecule has 0 radical (unpaired) electrons. The standard InChI is InChI=1S/C21H22N4O2S2/c1-4-27-19(26)17-12-16(11-15-8-6-5-7-9-15)29-18(17)24-21(28)25-20-22-13(2)10-14(3)23-20/h5-10,12H,4,11H2,1-3H3,(H2,22,23,24,25,28). The van der Waals surface area contributed by atoms with Gasteiger partial charge in [-0.3, -0.25) is 0 Å². The van der Waals surface area contributed by atoms with Crippen LogP contribution in [0.5, 0.6) is 0 Å². The number of carbonyl (C=O) groups excluding carboxylic acids is 1. The second-order valence-electron chi connectivity index (χ2n) is 6.39. The van der Waals surface area contributed by atoms with Crippen LogP contribution < -0.4 is 10.6 Å². The Hall–Kier alpha value is -2.84. The van der Waals surface area contributed by atoms with E-state index in [-0.39, 0.29) is 5.97 Å². The summed E-state index contributed by atoms with van der Waals surface area (Å²) in [5.41, 5.74) is 3.32. The second kappa shape index (κ2) is 9.58. The molecule has 0 spiro atoms. The van der Waals surface area contributed by atoms with Crippen molar-refractivity contribution in [2.75, 3.05) is 17.2 Å².